The third-order valence-electron chi connectivity index (χ3n) is 4.11. The molecule has 0 aromatic carbocycles. The molecule has 3 rings (SSSR count). The van der Waals surface area contributed by atoms with Crippen molar-refractivity contribution < 1.29 is 4.79 Å². The molecule has 3 heterocycles. The van der Waals surface area contributed by atoms with E-state index in [4.69, 9.17) is 11.6 Å². The van der Waals surface area contributed by atoms with E-state index in [0.29, 0.717) is 19.6 Å². The summed E-state index contributed by atoms with van der Waals surface area (Å²) in [5, 5.41) is 7.29. The molecule has 128 valence electrons. The Balaban J connectivity index is 1.65. The fourth-order valence-electron chi connectivity index (χ4n) is 2.75. The van der Waals surface area contributed by atoms with Gasteiger partial charge >= 0.3 is 0 Å². The Morgan fingerprint density at radius 3 is 2.79 bits per heavy atom. The van der Waals surface area contributed by atoms with Crippen LogP contribution in [0.5, 0.6) is 0 Å². The topological polar surface area (TPSA) is 61.4 Å². The number of halogens is 1. The van der Waals surface area contributed by atoms with Gasteiger partial charge in [-0.15, -0.1) is 11.6 Å². The summed E-state index contributed by atoms with van der Waals surface area (Å²) in [6, 6.07) is 2.07. The van der Waals surface area contributed by atoms with Gasteiger partial charge in [0.1, 0.15) is 17.5 Å². The lowest BCUT2D eigenvalue weighted by atomic mass is 10.1. The van der Waals surface area contributed by atoms with Crippen LogP contribution in [0.15, 0.2) is 23.0 Å². The number of carbonyl (C=O) groups is 1. The summed E-state index contributed by atoms with van der Waals surface area (Å²) in [7, 11) is 1.87. The standard InChI is InChI=1S/C16H20ClN5OS/c1-18-16-13(12-2-7-24-11-12)9-19-14(20-16)10-21-3-5-22(6-4-21)15(23)8-17/h2,7,9,11H,3-6,8,10H2,1H3,(H,18,19,20). The number of anilines is 1. The molecule has 0 saturated carbocycles. The molecule has 1 aliphatic heterocycles. The highest BCUT2D eigenvalue weighted by Gasteiger charge is 2.21. The molecule has 1 amide bonds. The van der Waals surface area contributed by atoms with Crippen LogP contribution in [0.25, 0.3) is 11.1 Å². The normalized spacial score (nSPS) is 15.5. The van der Waals surface area contributed by atoms with Crippen molar-refractivity contribution in [2.24, 2.45) is 0 Å². The van der Waals surface area contributed by atoms with Crippen LogP contribution >= 0.6 is 22.9 Å². The number of rotatable bonds is 5. The fraction of sp³-hybridized carbons (Fsp3) is 0.438. The Hall–Kier alpha value is -1.70. The highest BCUT2D eigenvalue weighted by atomic mass is 35.5. The molecule has 6 nitrogen and oxygen atoms in total. The molecular weight excluding hydrogens is 346 g/mol. The second-order valence-electron chi connectivity index (χ2n) is 5.60. The average Bonchev–Trinajstić information content (AvgIpc) is 3.16. The van der Waals surface area contributed by atoms with Gasteiger partial charge in [0.15, 0.2) is 0 Å². The Morgan fingerprint density at radius 2 is 2.17 bits per heavy atom. The lowest BCUT2D eigenvalue weighted by molar-refractivity contribution is -0.130. The first-order valence-corrected chi connectivity index (χ1v) is 9.31. The maximum Gasteiger partial charge on any atom is 0.237 e. The molecular formula is C16H20ClN5OS. The molecule has 0 aliphatic carbocycles. The van der Waals surface area contributed by atoms with Gasteiger partial charge in [0.05, 0.1) is 6.54 Å². The number of piperazine rings is 1. The summed E-state index contributed by atoms with van der Waals surface area (Å²) in [6.07, 6.45) is 1.88. The van der Waals surface area contributed by atoms with Crippen molar-refractivity contribution in [2.75, 3.05) is 44.4 Å². The second kappa shape index (κ2) is 7.92. The number of nitrogens with one attached hydrogen (secondary N) is 1. The second-order valence-corrected chi connectivity index (χ2v) is 6.65. The minimum atomic E-state index is 0.00477. The number of amides is 1. The maximum absolute atomic E-state index is 11.6. The van der Waals surface area contributed by atoms with E-state index >= 15 is 0 Å². The number of alkyl halides is 1. The van der Waals surface area contributed by atoms with E-state index in [-0.39, 0.29) is 11.8 Å². The molecule has 1 N–H and O–H groups in total. The maximum atomic E-state index is 11.6. The van der Waals surface area contributed by atoms with Gasteiger partial charge in [-0.25, -0.2) is 9.97 Å². The number of hydrogen-bond donors (Lipinski definition) is 1. The van der Waals surface area contributed by atoms with Gasteiger partial charge in [0, 0.05) is 45.0 Å². The van der Waals surface area contributed by atoms with Crippen LogP contribution in [0.1, 0.15) is 5.82 Å². The first kappa shape index (κ1) is 17.1. The summed E-state index contributed by atoms with van der Waals surface area (Å²) >= 11 is 7.27. The Morgan fingerprint density at radius 1 is 1.38 bits per heavy atom. The average molecular weight is 366 g/mol. The lowest BCUT2D eigenvalue weighted by Gasteiger charge is -2.34. The monoisotopic (exact) mass is 365 g/mol. The molecule has 0 atom stereocenters. The predicted molar refractivity (Wildman–Crippen MR) is 97.5 cm³/mol. The molecule has 0 radical (unpaired) electrons. The Labute approximate surface area is 150 Å². The fourth-order valence-corrected chi connectivity index (χ4v) is 3.58. The van der Waals surface area contributed by atoms with Crippen molar-refractivity contribution in [3.8, 4) is 11.1 Å². The van der Waals surface area contributed by atoms with Gasteiger partial charge in [0.25, 0.3) is 0 Å². The van der Waals surface area contributed by atoms with Crippen molar-refractivity contribution in [1.29, 1.82) is 0 Å². The Bertz CT molecular complexity index is 686. The van der Waals surface area contributed by atoms with Crippen molar-refractivity contribution in [2.45, 2.75) is 6.54 Å². The molecule has 0 spiro atoms. The van der Waals surface area contributed by atoms with Crippen LogP contribution in [0.2, 0.25) is 0 Å². The molecule has 24 heavy (non-hydrogen) atoms. The molecule has 1 saturated heterocycles. The van der Waals surface area contributed by atoms with Crippen LogP contribution in [0.4, 0.5) is 5.82 Å². The predicted octanol–water partition coefficient (Wildman–Crippen LogP) is 2.13. The van der Waals surface area contributed by atoms with Crippen molar-refractivity contribution in [1.82, 2.24) is 19.8 Å². The van der Waals surface area contributed by atoms with Gasteiger partial charge in [-0.05, 0) is 22.4 Å². The van der Waals surface area contributed by atoms with E-state index in [1.165, 1.54) is 0 Å². The van der Waals surface area contributed by atoms with Crippen LogP contribution in [-0.2, 0) is 11.3 Å². The lowest BCUT2D eigenvalue weighted by Crippen LogP contribution is -2.48. The Kier molecular flexibility index (Phi) is 5.65. The third-order valence-corrected chi connectivity index (χ3v) is 5.02. The summed E-state index contributed by atoms with van der Waals surface area (Å²) in [6.45, 7) is 3.72. The number of aromatic nitrogens is 2. The van der Waals surface area contributed by atoms with Gasteiger partial charge in [0.2, 0.25) is 5.91 Å². The molecule has 8 heteroatoms. The van der Waals surface area contributed by atoms with Crippen molar-refractivity contribution in [3.05, 3.63) is 28.8 Å². The smallest absolute Gasteiger partial charge is 0.237 e. The summed E-state index contributed by atoms with van der Waals surface area (Å²) in [5.74, 6) is 1.69. The largest absolute Gasteiger partial charge is 0.373 e. The van der Waals surface area contributed by atoms with Gasteiger partial charge in [-0.1, -0.05) is 0 Å². The van der Waals surface area contributed by atoms with Crippen molar-refractivity contribution >= 4 is 34.7 Å². The quantitative estimate of drug-likeness (QED) is 0.822. The summed E-state index contributed by atoms with van der Waals surface area (Å²) < 4.78 is 0. The van der Waals surface area contributed by atoms with Gasteiger partial charge in [-0.3, -0.25) is 9.69 Å². The minimum absolute atomic E-state index is 0.00477. The molecule has 0 bridgehead atoms. The van der Waals surface area contributed by atoms with E-state index in [2.05, 4.69) is 31.6 Å². The zero-order chi connectivity index (χ0) is 16.9. The molecule has 0 unspecified atom stereocenters. The zero-order valence-corrected chi connectivity index (χ0v) is 15.1. The molecule has 1 aliphatic rings. The zero-order valence-electron chi connectivity index (χ0n) is 13.5. The number of carbonyl (C=O) groups excluding carboxylic acids is 1. The molecule has 2 aromatic heterocycles. The van der Waals surface area contributed by atoms with Crippen LogP contribution in [-0.4, -0.2) is 64.8 Å². The first-order valence-electron chi connectivity index (χ1n) is 7.83. The summed E-state index contributed by atoms with van der Waals surface area (Å²) in [4.78, 5) is 24.8. The highest BCUT2D eigenvalue weighted by Crippen LogP contribution is 2.27. The van der Waals surface area contributed by atoms with Crippen molar-refractivity contribution in [3.63, 3.8) is 0 Å². The SMILES string of the molecule is CNc1nc(CN2CCN(C(=O)CCl)CC2)ncc1-c1ccsc1. The summed E-state index contributed by atoms with van der Waals surface area (Å²) in [5.41, 5.74) is 2.14. The van der Waals surface area contributed by atoms with E-state index in [0.717, 1.165) is 35.9 Å². The van der Waals surface area contributed by atoms with E-state index in [9.17, 15) is 4.79 Å². The number of nitrogens with zero attached hydrogens (tertiary/aromatic N) is 4. The molecule has 2 aromatic rings. The minimum Gasteiger partial charge on any atom is -0.373 e. The highest BCUT2D eigenvalue weighted by molar-refractivity contribution is 7.08. The van der Waals surface area contributed by atoms with E-state index in [1.807, 2.05) is 23.5 Å². The van der Waals surface area contributed by atoms with E-state index < -0.39 is 0 Å². The molecule has 1 fully saturated rings. The van der Waals surface area contributed by atoms with Gasteiger partial charge in [-0.2, -0.15) is 11.3 Å². The van der Waals surface area contributed by atoms with Crippen LogP contribution in [0, 0.1) is 0 Å². The van der Waals surface area contributed by atoms with Crippen LogP contribution in [0.3, 0.4) is 0 Å². The van der Waals surface area contributed by atoms with Crippen LogP contribution < -0.4 is 5.32 Å². The number of hydrogen-bond acceptors (Lipinski definition) is 6. The third kappa shape index (κ3) is 3.85. The number of thiophene rings is 1. The van der Waals surface area contributed by atoms with E-state index in [1.54, 1.807) is 11.3 Å². The van der Waals surface area contributed by atoms with Gasteiger partial charge < -0.3 is 10.2 Å². The first-order chi connectivity index (χ1) is 11.7.